The molecule has 108 valence electrons. The Kier molecular flexibility index (Phi) is 5.86. The van der Waals surface area contributed by atoms with Crippen LogP contribution in [0.1, 0.15) is 71.4 Å². The van der Waals surface area contributed by atoms with Crippen molar-refractivity contribution in [2.45, 2.75) is 72.3 Å². The summed E-state index contributed by atoms with van der Waals surface area (Å²) < 4.78 is 0. The summed E-state index contributed by atoms with van der Waals surface area (Å²) in [5.41, 5.74) is 2.36. The quantitative estimate of drug-likeness (QED) is 0.515. The Hall–Kier alpha value is -1.02. The summed E-state index contributed by atoms with van der Waals surface area (Å²) in [6.07, 6.45) is 3.41. The molecule has 0 aromatic heterocycles. The van der Waals surface area contributed by atoms with E-state index in [4.69, 9.17) is 9.78 Å². The average molecular weight is 264 g/mol. The van der Waals surface area contributed by atoms with Crippen LogP contribution in [0.4, 0.5) is 0 Å². The lowest BCUT2D eigenvalue weighted by atomic mass is 9.93. The second kappa shape index (κ2) is 6.95. The van der Waals surface area contributed by atoms with Gasteiger partial charge in [0.2, 0.25) is 0 Å². The Labute approximate surface area is 118 Å². The summed E-state index contributed by atoms with van der Waals surface area (Å²) >= 11 is 0. The molecule has 0 unspecified atom stereocenters. The van der Waals surface area contributed by atoms with Crippen LogP contribution in [0, 0.1) is 0 Å². The van der Waals surface area contributed by atoms with Crippen LogP contribution < -0.4 is 4.89 Å². The number of unbranched alkanes of at least 4 members (excludes halogenated alkanes) is 1. The predicted octanol–water partition coefficient (Wildman–Crippen LogP) is 5.26. The van der Waals surface area contributed by atoms with Crippen molar-refractivity contribution in [3.63, 3.8) is 0 Å². The van der Waals surface area contributed by atoms with E-state index in [1.165, 1.54) is 24.0 Å². The second-order valence-electron chi connectivity index (χ2n) is 6.36. The maximum Gasteiger partial charge on any atom is 0.168 e. The molecule has 0 N–H and O–H groups in total. The molecule has 0 atom stereocenters. The van der Waals surface area contributed by atoms with Crippen molar-refractivity contribution in [2.75, 3.05) is 0 Å². The minimum atomic E-state index is -0.296. The van der Waals surface area contributed by atoms with Gasteiger partial charge in [0.15, 0.2) is 5.75 Å². The third kappa shape index (κ3) is 5.23. The van der Waals surface area contributed by atoms with E-state index >= 15 is 0 Å². The summed E-state index contributed by atoms with van der Waals surface area (Å²) in [7, 11) is 0. The van der Waals surface area contributed by atoms with Crippen molar-refractivity contribution < 1.29 is 9.78 Å². The molecular formula is C17H28O2. The van der Waals surface area contributed by atoms with Gasteiger partial charge in [0.25, 0.3) is 0 Å². The lowest BCUT2D eigenvalue weighted by Crippen LogP contribution is -2.21. The monoisotopic (exact) mass is 264 g/mol. The fraction of sp³-hybridized carbons (Fsp3) is 0.647. The normalized spacial score (nSPS) is 11.9. The fourth-order valence-corrected chi connectivity index (χ4v) is 1.99. The Morgan fingerprint density at radius 3 is 2.37 bits per heavy atom. The lowest BCUT2D eigenvalue weighted by molar-refractivity contribution is -0.275. The number of hydrogen-bond acceptors (Lipinski definition) is 2. The van der Waals surface area contributed by atoms with E-state index in [-0.39, 0.29) is 5.60 Å². The summed E-state index contributed by atoms with van der Waals surface area (Å²) in [5, 5.41) is 0. The molecule has 19 heavy (non-hydrogen) atoms. The summed E-state index contributed by atoms with van der Waals surface area (Å²) in [6, 6.07) is 6.24. The molecule has 1 rings (SSSR count). The van der Waals surface area contributed by atoms with E-state index in [0.717, 1.165) is 12.2 Å². The third-order valence-corrected chi connectivity index (χ3v) is 2.95. The highest BCUT2D eigenvalue weighted by atomic mass is 17.2. The molecule has 2 heteroatoms. The van der Waals surface area contributed by atoms with Crippen LogP contribution in [0.5, 0.6) is 5.75 Å². The Morgan fingerprint density at radius 2 is 1.84 bits per heavy atom. The molecule has 0 spiro atoms. The molecule has 0 aliphatic heterocycles. The first-order chi connectivity index (χ1) is 8.85. The van der Waals surface area contributed by atoms with Gasteiger partial charge < -0.3 is 4.89 Å². The van der Waals surface area contributed by atoms with Gasteiger partial charge >= 0.3 is 0 Å². The van der Waals surface area contributed by atoms with Crippen molar-refractivity contribution >= 4 is 0 Å². The van der Waals surface area contributed by atoms with Crippen LogP contribution in [0.25, 0.3) is 0 Å². The van der Waals surface area contributed by atoms with Gasteiger partial charge in [0.05, 0.1) is 0 Å². The summed E-state index contributed by atoms with van der Waals surface area (Å²) in [5.74, 6) is 1.37. The first kappa shape index (κ1) is 16.0. The van der Waals surface area contributed by atoms with Gasteiger partial charge in [-0.05, 0) is 51.2 Å². The van der Waals surface area contributed by atoms with Crippen molar-refractivity contribution in [2.24, 2.45) is 0 Å². The van der Waals surface area contributed by atoms with E-state index in [0.29, 0.717) is 5.92 Å². The molecule has 0 saturated carbocycles. The molecule has 0 saturated heterocycles. The SMILES string of the molecule is CCCCc1c(OOC(C)(C)C)cccc1C(C)C. The highest BCUT2D eigenvalue weighted by Crippen LogP contribution is 2.30. The maximum atomic E-state index is 5.59. The largest absolute Gasteiger partial charge is 0.337 e. The molecule has 0 bridgehead atoms. The van der Waals surface area contributed by atoms with Crippen LogP contribution in [-0.2, 0) is 11.3 Å². The van der Waals surface area contributed by atoms with Crippen LogP contribution in [0.2, 0.25) is 0 Å². The van der Waals surface area contributed by atoms with Crippen LogP contribution >= 0.6 is 0 Å². The van der Waals surface area contributed by atoms with Gasteiger partial charge in [-0.1, -0.05) is 39.3 Å². The molecule has 1 aromatic rings. The van der Waals surface area contributed by atoms with E-state index in [1.807, 2.05) is 32.9 Å². The minimum Gasteiger partial charge on any atom is -0.337 e. The van der Waals surface area contributed by atoms with Gasteiger partial charge in [0.1, 0.15) is 5.60 Å². The highest BCUT2D eigenvalue weighted by Gasteiger charge is 2.16. The molecular weight excluding hydrogens is 236 g/mol. The van der Waals surface area contributed by atoms with Crippen molar-refractivity contribution in [3.05, 3.63) is 29.3 Å². The minimum absolute atomic E-state index is 0.296. The molecule has 0 fully saturated rings. The summed E-state index contributed by atoms with van der Waals surface area (Å²) in [4.78, 5) is 11.1. The van der Waals surface area contributed by atoms with Gasteiger partial charge in [-0.3, -0.25) is 0 Å². The van der Waals surface area contributed by atoms with Crippen molar-refractivity contribution in [1.29, 1.82) is 0 Å². The zero-order valence-electron chi connectivity index (χ0n) is 13.2. The third-order valence-electron chi connectivity index (χ3n) is 2.95. The van der Waals surface area contributed by atoms with E-state index in [2.05, 4.69) is 26.8 Å². The summed E-state index contributed by atoms with van der Waals surface area (Å²) in [6.45, 7) is 12.6. The topological polar surface area (TPSA) is 18.5 Å². The molecule has 0 aliphatic rings. The average Bonchev–Trinajstić information content (AvgIpc) is 2.32. The van der Waals surface area contributed by atoms with E-state index < -0.39 is 0 Å². The van der Waals surface area contributed by atoms with Crippen LogP contribution in [-0.4, -0.2) is 5.60 Å². The molecule has 0 aliphatic carbocycles. The fourth-order valence-electron chi connectivity index (χ4n) is 1.99. The van der Waals surface area contributed by atoms with Gasteiger partial charge in [-0.2, -0.15) is 4.89 Å². The Morgan fingerprint density at radius 1 is 1.16 bits per heavy atom. The smallest absolute Gasteiger partial charge is 0.168 e. The first-order valence-electron chi connectivity index (χ1n) is 7.32. The zero-order valence-corrected chi connectivity index (χ0v) is 13.2. The van der Waals surface area contributed by atoms with Crippen molar-refractivity contribution in [3.8, 4) is 5.75 Å². The molecule has 0 amide bonds. The standard InChI is InChI=1S/C17H28O2/c1-7-8-10-15-14(13(2)3)11-9-12-16(15)18-19-17(4,5)6/h9,11-13H,7-8,10H2,1-6H3. The van der Waals surface area contributed by atoms with E-state index in [9.17, 15) is 0 Å². The zero-order chi connectivity index (χ0) is 14.5. The van der Waals surface area contributed by atoms with Crippen LogP contribution in [0.15, 0.2) is 18.2 Å². The molecule has 0 radical (unpaired) electrons. The Bertz CT molecular complexity index is 389. The van der Waals surface area contributed by atoms with Gasteiger partial charge in [0, 0.05) is 5.56 Å². The van der Waals surface area contributed by atoms with E-state index in [1.54, 1.807) is 0 Å². The maximum absolute atomic E-state index is 5.59. The Balaban J connectivity index is 2.97. The predicted molar refractivity (Wildman–Crippen MR) is 80.6 cm³/mol. The van der Waals surface area contributed by atoms with Crippen LogP contribution in [0.3, 0.4) is 0 Å². The van der Waals surface area contributed by atoms with Crippen molar-refractivity contribution in [1.82, 2.24) is 0 Å². The first-order valence-corrected chi connectivity index (χ1v) is 7.32. The van der Waals surface area contributed by atoms with Gasteiger partial charge in [-0.15, -0.1) is 0 Å². The van der Waals surface area contributed by atoms with Gasteiger partial charge in [-0.25, -0.2) is 0 Å². The highest BCUT2D eigenvalue weighted by molar-refractivity contribution is 5.41. The molecule has 0 heterocycles. The lowest BCUT2D eigenvalue weighted by Gasteiger charge is -2.21. The second-order valence-corrected chi connectivity index (χ2v) is 6.36. The number of benzene rings is 1. The molecule has 1 aromatic carbocycles. The number of hydrogen-bond donors (Lipinski definition) is 0. The number of rotatable bonds is 6. The molecule has 2 nitrogen and oxygen atoms in total.